The topological polar surface area (TPSA) is 191 Å². The van der Waals surface area contributed by atoms with E-state index in [1.54, 1.807) is 6.92 Å². The van der Waals surface area contributed by atoms with Crippen LogP contribution in [0.25, 0.3) is 10.9 Å². The highest BCUT2D eigenvalue weighted by molar-refractivity contribution is 5.94. The number of benzene rings is 10. The maximum absolute atomic E-state index is 12.4. The monoisotopic (exact) mass is 1670 g/mol. The van der Waals surface area contributed by atoms with Crippen LogP contribution in [0.3, 0.4) is 0 Å². The summed E-state index contributed by atoms with van der Waals surface area (Å²) in [5.74, 6) is 2.93. The smallest absolute Gasteiger partial charge is 0.411 e. The Morgan fingerprint density at radius 3 is 1.06 bits per heavy atom. The highest BCUT2D eigenvalue weighted by Crippen LogP contribution is 2.37. The van der Waals surface area contributed by atoms with Crippen molar-refractivity contribution in [1.29, 1.82) is 0 Å². The molecule has 1 atom stereocenters. The number of aryl methyl sites for hydroxylation is 2. The summed E-state index contributed by atoms with van der Waals surface area (Å²) in [7, 11) is 2.73. The molecule has 5 aliphatic heterocycles. The van der Waals surface area contributed by atoms with Gasteiger partial charge in [0.1, 0.15) is 0 Å². The predicted octanol–water partition coefficient (Wildman–Crippen LogP) is 23.7. The van der Waals surface area contributed by atoms with Crippen LogP contribution >= 0.6 is 0 Å². The fraction of sp³-hybridized carbons (Fsp3) is 0.368. The Hall–Kier alpha value is -12.2. The van der Waals surface area contributed by atoms with Gasteiger partial charge in [-0.2, -0.15) is 0 Å². The summed E-state index contributed by atoms with van der Waals surface area (Å²) < 4.78 is 16.8. The number of hydrogen-bond donors (Lipinski definition) is 5. The lowest BCUT2D eigenvalue weighted by Crippen LogP contribution is -2.29. The number of amides is 5. The van der Waals surface area contributed by atoms with Gasteiger partial charge in [0.15, 0.2) is 0 Å². The number of carbonyl (C=O) groups is 5. The van der Waals surface area contributed by atoms with E-state index in [4.69, 9.17) is 4.74 Å². The van der Waals surface area contributed by atoms with Gasteiger partial charge in [-0.3, -0.25) is 25.0 Å². The molecule has 5 aliphatic rings. The Morgan fingerprint density at radius 2 is 0.710 bits per heavy atom. The lowest BCUT2D eigenvalue weighted by molar-refractivity contribution is -0.120. The number of anilines is 9. The van der Waals surface area contributed by atoms with Crippen molar-refractivity contribution in [3.63, 3.8) is 0 Å². The van der Waals surface area contributed by atoms with Gasteiger partial charge in [-0.1, -0.05) is 197 Å². The summed E-state index contributed by atoms with van der Waals surface area (Å²) in [5, 5.41) is 15.4. The molecule has 1 unspecified atom stereocenters. The lowest BCUT2D eigenvalue weighted by atomic mass is 9.99. The Morgan fingerprint density at radius 1 is 0.379 bits per heavy atom. The molecule has 16 rings (SSSR count). The van der Waals surface area contributed by atoms with Crippen LogP contribution in [0.4, 0.5) is 60.8 Å². The molecule has 0 aliphatic carbocycles. The van der Waals surface area contributed by atoms with Gasteiger partial charge in [-0.05, 0) is 249 Å². The zero-order chi connectivity index (χ0) is 87.9. The molecule has 0 bridgehead atoms. The van der Waals surface area contributed by atoms with E-state index in [0.29, 0.717) is 49.2 Å². The highest BCUT2D eigenvalue weighted by Gasteiger charge is 2.27. The van der Waals surface area contributed by atoms with Gasteiger partial charge in [0.05, 0.1) is 26.7 Å². The lowest BCUT2D eigenvalue weighted by Gasteiger charge is -2.32. The first-order chi connectivity index (χ1) is 59.8. The number of fused-ring (bicyclic) bond motifs is 5. The van der Waals surface area contributed by atoms with Crippen LogP contribution in [0.5, 0.6) is 0 Å². The summed E-state index contributed by atoms with van der Waals surface area (Å²) in [5.41, 5.74) is 29.2. The summed E-state index contributed by atoms with van der Waals surface area (Å²) >= 11 is 0. The number of hydrogen-bond acceptors (Lipinski definition) is 12. The molecule has 11 aromatic rings. The number of nitrogens with one attached hydrogen (secondary N) is 5. The molecule has 0 spiro atoms. The number of methoxy groups -OCH3 is 2. The van der Waals surface area contributed by atoms with Crippen LogP contribution < -0.4 is 46.2 Å². The maximum atomic E-state index is 12.4. The van der Waals surface area contributed by atoms with Crippen molar-refractivity contribution in [2.75, 3.05) is 99.8 Å². The minimum Gasteiger partial charge on any atom is -0.453 e. The van der Waals surface area contributed by atoms with E-state index in [1.165, 1.54) is 115 Å². The number of ether oxygens (including phenoxy) is 3. The molecule has 650 valence electrons. The maximum Gasteiger partial charge on any atom is 0.411 e. The third-order valence-electron chi connectivity index (χ3n) is 23.9. The summed E-state index contributed by atoms with van der Waals surface area (Å²) in [6, 6.07) is 77.4. The third kappa shape index (κ3) is 25.3. The molecule has 5 N–H and O–H groups in total. The van der Waals surface area contributed by atoms with Gasteiger partial charge in [-0.15, -0.1) is 0 Å². The van der Waals surface area contributed by atoms with E-state index in [-0.39, 0.29) is 23.6 Å². The molecule has 5 amide bonds. The number of nitrogens with zero attached hydrogens (tertiary/aromatic N) is 5. The van der Waals surface area contributed by atoms with E-state index < -0.39 is 12.2 Å². The Bertz CT molecular complexity index is 5380. The summed E-state index contributed by atoms with van der Waals surface area (Å²) in [4.78, 5) is 67.5. The average molecular weight is 1670 g/mol. The average Bonchev–Trinajstić information content (AvgIpc) is 1.58. The quantitative estimate of drug-likeness (QED) is 0.0432. The van der Waals surface area contributed by atoms with Crippen molar-refractivity contribution in [2.24, 2.45) is 5.92 Å². The molecular weight excluding hydrogens is 1540 g/mol. The molecule has 18 heteroatoms. The van der Waals surface area contributed by atoms with Gasteiger partial charge in [0.2, 0.25) is 17.7 Å². The van der Waals surface area contributed by atoms with Crippen LogP contribution in [0.15, 0.2) is 225 Å². The standard InChI is InChI=1S/C24H30N2O2.C22H28N2O.C20H24N2O2.C20H22N2O2.C20H24N2O/c1-17(2)19-7-5-18(6-8-19)15-26-12-3-4-20-14-22(9-10-23(20)26)25-24(27)21-11-13-28-16-21;1-4-22(25)23-20-11-12-21-19(14-20)6-5-13-24(21)15-17-7-9-18(10-8-17)16(2)3;2*1-14(2)16-6-4-15(5-7-16)13-22-11-10-17-12-18(8-9-19(17)22)21-20(23)24-3;1-14(2)17-6-4-16(5-7-17)13-22-11-10-18-12-19(21-15(3)23)8-9-20(18)22/h5-10,14,17,21H,3-4,11-13,15-16H2,1-2H3,(H,25,27);7-12,14,16H,4-6,13,15H2,1-3H3,(H,23,25);4-9,12,14H,10-11,13H2,1-3H3,(H,21,23);4-12,14H,13H2,1-3H3,(H,21,23);4-9,12,14H,10-11,13H2,1-3H3,(H,21,23). The van der Waals surface area contributed by atoms with Gasteiger partial charge >= 0.3 is 12.2 Å². The van der Waals surface area contributed by atoms with Crippen LogP contribution in [-0.4, -0.2) is 88.1 Å². The second-order valence-electron chi connectivity index (χ2n) is 34.8. The van der Waals surface area contributed by atoms with Crippen molar-refractivity contribution >= 4 is 92.0 Å². The number of aromatic nitrogens is 1. The van der Waals surface area contributed by atoms with E-state index in [0.717, 1.165) is 143 Å². The van der Waals surface area contributed by atoms with Gasteiger partial charge in [0, 0.05) is 147 Å². The Balaban J connectivity index is 0.000000142. The molecule has 1 saturated heterocycles. The molecule has 10 aromatic carbocycles. The van der Waals surface area contributed by atoms with Crippen molar-refractivity contribution in [2.45, 2.75) is 197 Å². The molecule has 18 nitrogen and oxygen atoms in total. The Labute approximate surface area is 735 Å². The van der Waals surface area contributed by atoms with E-state index in [9.17, 15) is 24.0 Å². The Kier molecular flexibility index (Phi) is 32.1. The highest BCUT2D eigenvalue weighted by atomic mass is 16.5. The second-order valence-corrected chi connectivity index (χ2v) is 34.8. The largest absolute Gasteiger partial charge is 0.453 e. The zero-order valence-electron chi connectivity index (χ0n) is 75.3. The predicted molar refractivity (Wildman–Crippen MR) is 511 cm³/mol. The summed E-state index contributed by atoms with van der Waals surface area (Å²) in [6.45, 7) is 35.6. The van der Waals surface area contributed by atoms with E-state index in [1.807, 2.05) is 55.5 Å². The van der Waals surface area contributed by atoms with Crippen molar-refractivity contribution in [1.82, 2.24) is 4.57 Å². The minimum atomic E-state index is -0.459. The van der Waals surface area contributed by atoms with Crippen molar-refractivity contribution in [3.05, 3.63) is 302 Å². The third-order valence-corrected chi connectivity index (χ3v) is 23.9. The van der Waals surface area contributed by atoms with Crippen LogP contribution in [-0.2, 0) is 87.0 Å². The van der Waals surface area contributed by atoms with Gasteiger partial charge in [0.25, 0.3) is 0 Å². The molecule has 6 heterocycles. The van der Waals surface area contributed by atoms with E-state index in [2.05, 4.69) is 306 Å². The second kappa shape index (κ2) is 43.8. The number of carbonyl (C=O) groups excluding carboxylic acids is 5. The fourth-order valence-corrected chi connectivity index (χ4v) is 16.6. The molecular formula is C106H128N10O8. The van der Waals surface area contributed by atoms with Crippen LogP contribution in [0.2, 0.25) is 0 Å². The molecule has 0 radical (unpaired) electrons. The minimum absolute atomic E-state index is 0.0126. The molecule has 124 heavy (non-hydrogen) atoms. The van der Waals surface area contributed by atoms with Gasteiger partial charge < -0.3 is 54.3 Å². The van der Waals surface area contributed by atoms with Crippen molar-refractivity contribution in [3.8, 4) is 0 Å². The SMILES string of the molecule is CC(=O)Nc1ccc2c(c1)CCN2Cc1ccc(C(C)C)cc1.CC(C)c1ccc(CN2CCCc3cc(NC(=O)C4CCOC4)ccc32)cc1.CCC(=O)Nc1ccc2c(c1)CCCN2Cc1ccc(C(C)C)cc1.COC(=O)Nc1ccc2c(c1)CCN2Cc1ccc(C(C)C)cc1.COC(=O)Nc1ccc2c(ccn2Cc2ccc(C(C)C)cc2)c1. The molecule has 0 saturated carbocycles. The first-order valence-electron chi connectivity index (χ1n) is 44.5. The summed E-state index contributed by atoms with van der Waals surface area (Å²) in [6.07, 6.45) is 8.98. The van der Waals surface area contributed by atoms with Crippen molar-refractivity contribution < 1.29 is 38.2 Å². The molecule has 1 fully saturated rings. The van der Waals surface area contributed by atoms with Gasteiger partial charge in [-0.25, -0.2) is 9.59 Å². The molecule has 1 aromatic heterocycles. The number of rotatable bonds is 22. The van der Waals surface area contributed by atoms with E-state index >= 15 is 0 Å². The van der Waals surface area contributed by atoms with Crippen LogP contribution in [0.1, 0.15) is 216 Å². The first kappa shape index (κ1) is 91.1. The normalized spacial score (nSPS) is 14.2. The zero-order valence-corrected chi connectivity index (χ0v) is 75.3. The fourth-order valence-electron chi connectivity index (χ4n) is 16.6. The first-order valence-corrected chi connectivity index (χ1v) is 44.5. The van der Waals surface area contributed by atoms with Crippen LogP contribution in [0, 0.1) is 5.92 Å².